The number of nitrogens with one attached hydrogen (secondary N) is 1. The Bertz CT molecular complexity index is 1890. The maximum Gasteiger partial charge on any atom is 0.0875 e. The van der Waals surface area contributed by atoms with Gasteiger partial charge in [-0.15, -0.1) is 0 Å². The van der Waals surface area contributed by atoms with Gasteiger partial charge in [-0.3, -0.25) is 0 Å². The SMILES string of the molecule is CN1CNc2cccc(-n3c4ccccc4c4ccc5c(c43)-c3ccc4ccccc4c3C5(C)C)c21. The standard InChI is InChI=1S/C33H27N3/c1-33(2)25-18-17-23-22-11-6-7-13-27(22)36(28-14-8-12-26-32(28)35(3)19-34-26)31(23)29(25)24-16-15-20-9-4-5-10-21(20)30(24)33/h4-18,34H,19H2,1-3H3. The second-order valence-corrected chi connectivity index (χ2v) is 10.8. The Morgan fingerprint density at radius 2 is 1.56 bits per heavy atom. The molecule has 3 heteroatoms. The monoisotopic (exact) mass is 465 g/mol. The molecule has 0 bridgehead atoms. The van der Waals surface area contributed by atoms with Gasteiger partial charge >= 0.3 is 0 Å². The van der Waals surface area contributed by atoms with Crippen molar-refractivity contribution in [3.63, 3.8) is 0 Å². The number of benzene rings is 5. The van der Waals surface area contributed by atoms with Gasteiger partial charge in [-0.1, -0.05) is 86.6 Å². The highest BCUT2D eigenvalue weighted by Gasteiger charge is 2.39. The molecular formula is C33H27N3. The van der Waals surface area contributed by atoms with Gasteiger partial charge < -0.3 is 14.8 Å². The molecular weight excluding hydrogens is 438 g/mol. The fourth-order valence-corrected chi connectivity index (χ4v) is 6.93. The Hall–Kier alpha value is -4.24. The zero-order valence-corrected chi connectivity index (χ0v) is 20.8. The van der Waals surface area contributed by atoms with Crippen LogP contribution in [0.5, 0.6) is 0 Å². The zero-order chi connectivity index (χ0) is 24.2. The smallest absolute Gasteiger partial charge is 0.0875 e. The molecule has 1 N–H and O–H groups in total. The number of anilines is 2. The molecule has 0 atom stereocenters. The lowest BCUT2D eigenvalue weighted by atomic mass is 9.80. The van der Waals surface area contributed by atoms with E-state index in [0.717, 1.165) is 6.67 Å². The first-order valence-corrected chi connectivity index (χ1v) is 12.7. The van der Waals surface area contributed by atoms with E-state index in [-0.39, 0.29) is 5.41 Å². The normalized spacial score (nSPS) is 15.4. The fraction of sp³-hybridized carbons (Fsp3) is 0.152. The van der Waals surface area contributed by atoms with Crippen LogP contribution in [0.25, 0.3) is 49.4 Å². The summed E-state index contributed by atoms with van der Waals surface area (Å²) < 4.78 is 2.52. The van der Waals surface area contributed by atoms with Crippen LogP contribution in [0.4, 0.5) is 11.4 Å². The van der Waals surface area contributed by atoms with Crippen LogP contribution in [0.3, 0.4) is 0 Å². The summed E-state index contributed by atoms with van der Waals surface area (Å²) in [4.78, 5) is 2.32. The lowest BCUT2D eigenvalue weighted by Gasteiger charge is -2.23. The van der Waals surface area contributed by atoms with E-state index in [4.69, 9.17) is 0 Å². The molecule has 1 aromatic heterocycles. The van der Waals surface area contributed by atoms with Crippen molar-refractivity contribution < 1.29 is 0 Å². The van der Waals surface area contributed by atoms with Crippen molar-refractivity contribution in [1.29, 1.82) is 0 Å². The average Bonchev–Trinajstić information content (AvgIpc) is 3.52. The largest absolute Gasteiger partial charge is 0.366 e. The van der Waals surface area contributed by atoms with Gasteiger partial charge in [0.15, 0.2) is 0 Å². The Morgan fingerprint density at radius 1 is 0.750 bits per heavy atom. The van der Waals surface area contributed by atoms with Gasteiger partial charge in [-0.2, -0.15) is 0 Å². The summed E-state index contributed by atoms with van der Waals surface area (Å²) in [5, 5.41) is 8.84. The van der Waals surface area contributed by atoms with Crippen LogP contribution in [0.1, 0.15) is 25.0 Å². The summed E-state index contributed by atoms with van der Waals surface area (Å²) in [7, 11) is 2.17. The topological polar surface area (TPSA) is 20.2 Å². The molecule has 174 valence electrons. The Balaban J connectivity index is 1.59. The third kappa shape index (κ3) is 2.33. The van der Waals surface area contributed by atoms with Crippen LogP contribution >= 0.6 is 0 Å². The minimum Gasteiger partial charge on any atom is -0.366 e. The first-order chi connectivity index (χ1) is 17.6. The van der Waals surface area contributed by atoms with Crippen LogP contribution in [0.2, 0.25) is 0 Å². The van der Waals surface area contributed by atoms with Crippen LogP contribution in [-0.4, -0.2) is 18.3 Å². The van der Waals surface area contributed by atoms with E-state index in [1.54, 1.807) is 0 Å². The highest BCUT2D eigenvalue weighted by atomic mass is 15.3. The quantitative estimate of drug-likeness (QED) is 0.265. The van der Waals surface area contributed by atoms with E-state index < -0.39 is 0 Å². The molecule has 3 nitrogen and oxygen atoms in total. The van der Waals surface area contributed by atoms with Crippen molar-refractivity contribution in [2.24, 2.45) is 0 Å². The summed E-state index contributed by atoms with van der Waals surface area (Å²) in [6.07, 6.45) is 0. The summed E-state index contributed by atoms with van der Waals surface area (Å²) in [6.45, 7) is 5.60. The van der Waals surface area contributed by atoms with Crippen LogP contribution in [-0.2, 0) is 5.41 Å². The highest BCUT2D eigenvalue weighted by molar-refractivity contribution is 6.17. The molecule has 2 heterocycles. The van der Waals surface area contributed by atoms with Crippen molar-refractivity contribution in [1.82, 2.24) is 4.57 Å². The van der Waals surface area contributed by atoms with Gasteiger partial charge in [0, 0.05) is 28.8 Å². The van der Waals surface area contributed by atoms with Crippen LogP contribution < -0.4 is 10.2 Å². The summed E-state index contributed by atoms with van der Waals surface area (Å²) in [5.41, 5.74) is 11.7. The molecule has 0 radical (unpaired) electrons. The minimum absolute atomic E-state index is 0.0853. The Labute approximate surface area is 210 Å². The van der Waals surface area contributed by atoms with Gasteiger partial charge in [0.2, 0.25) is 0 Å². The number of aromatic nitrogens is 1. The van der Waals surface area contributed by atoms with E-state index in [9.17, 15) is 0 Å². The molecule has 8 rings (SSSR count). The molecule has 0 spiro atoms. The molecule has 0 saturated heterocycles. The second-order valence-electron chi connectivity index (χ2n) is 10.8. The van der Waals surface area contributed by atoms with Gasteiger partial charge in [0.25, 0.3) is 0 Å². The zero-order valence-electron chi connectivity index (χ0n) is 20.8. The maximum atomic E-state index is 3.56. The number of fused-ring (bicyclic) bond motifs is 10. The predicted molar refractivity (Wildman–Crippen MR) is 153 cm³/mol. The second kappa shape index (κ2) is 6.70. The molecule has 36 heavy (non-hydrogen) atoms. The van der Waals surface area contributed by atoms with E-state index >= 15 is 0 Å². The number of para-hydroxylation sites is 2. The number of nitrogens with zero attached hydrogens (tertiary/aromatic N) is 2. The van der Waals surface area contributed by atoms with Gasteiger partial charge in [0.1, 0.15) is 0 Å². The van der Waals surface area contributed by atoms with Crippen molar-refractivity contribution in [3.05, 3.63) is 102 Å². The van der Waals surface area contributed by atoms with Crippen LogP contribution in [0, 0.1) is 0 Å². The van der Waals surface area contributed by atoms with E-state index in [1.807, 2.05) is 0 Å². The summed E-state index contributed by atoms with van der Waals surface area (Å²) in [5.74, 6) is 0. The third-order valence-electron chi connectivity index (χ3n) is 8.48. The summed E-state index contributed by atoms with van der Waals surface area (Å²) in [6, 6.07) is 33.7. The molecule has 5 aromatic carbocycles. The Kier molecular flexibility index (Phi) is 3.72. The molecule has 0 fully saturated rings. The van der Waals surface area contributed by atoms with E-state index in [1.165, 1.54) is 71.9 Å². The first-order valence-electron chi connectivity index (χ1n) is 12.7. The molecule has 1 aliphatic carbocycles. The molecule has 6 aromatic rings. The van der Waals surface area contributed by atoms with E-state index in [2.05, 4.69) is 127 Å². The lowest BCUT2D eigenvalue weighted by molar-refractivity contribution is 0.666. The van der Waals surface area contributed by atoms with Crippen molar-refractivity contribution in [2.75, 3.05) is 23.9 Å². The van der Waals surface area contributed by atoms with Gasteiger partial charge in [-0.25, -0.2) is 0 Å². The van der Waals surface area contributed by atoms with Crippen molar-refractivity contribution in [3.8, 4) is 16.8 Å². The molecule has 1 aliphatic heterocycles. The van der Waals surface area contributed by atoms with Crippen molar-refractivity contribution >= 4 is 44.0 Å². The number of rotatable bonds is 1. The third-order valence-corrected chi connectivity index (χ3v) is 8.48. The van der Waals surface area contributed by atoms with E-state index in [0.29, 0.717) is 0 Å². The molecule has 0 amide bonds. The lowest BCUT2D eigenvalue weighted by Crippen LogP contribution is -2.17. The maximum absolute atomic E-state index is 3.56. The summed E-state index contributed by atoms with van der Waals surface area (Å²) >= 11 is 0. The van der Waals surface area contributed by atoms with Gasteiger partial charge in [0.05, 0.1) is 34.8 Å². The predicted octanol–water partition coefficient (Wildman–Crippen LogP) is 8.06. The molecule has 0 unspecified atom stereocenters. The highest BCUT2D eigenvalue weighted by Crippen LogP contribution is 2.55. The van der Waals surface area contributed by atoms with Crippen molar-refractivity contribution in [2.45, 2.75) is 19.3 Å². The fourth-order valence-electron chi connectivity index (χ4n) is 6.93. The number of hydrogen-bond donors (Lipinski definition) is 1. The first kappa shape index (κ1) is 20.0. The Morgan fingerprint density at radius 3 is 2.44 bits per heavy atom. The number of hydrogen-bond acceptors (Lipinski definition) is 2. The average molecular weight is 466 g/mol. The molecule has 2 aliphatic rings. The van der Waals surface area contributed by atoms with Crippen LogP contribution in [0.15, 0.2) is 91.0 Å². The van der Waals surface area contributed by atoms with Gasteiger partial charge in [-0.05, 0) is 45.7 Å². The molecule has 0 saturated carbocycles. The minimum atomic E-state index is -0.0853.